The number of ether oxygens (including phenoxy) is 2. The summed E-state index contributed by atoms with van der Waals surface area (Å²) >= 11 is 1.78. The van der Waals surface area contributed by atoms with E-state index >= 15 is 0 Å². The summed E-state index contributed by atoms with van der Waals surface area (Å²) in [6, 6.07) is 8.59. The standard InChI is InChI=1S/C23H24FN3O4S/c1-13-25-22-18(3-2-4-20(22)32-13)30-11-14-5-7-27(8-6-14)23(29)15-9-17-19(10-16(15)24)31-12-21(28)26-17/h2-4,9-10,13-14,25H,5-8,11-12H2,1H3,(H,26,28). The van der Waals surface area contributed by atoms with E-state index in [-0.39, 0.29) is 29.7 Å². The molecule has 0 radical (unpaired) electrons. The number of para-hydroxylation sites is 1. The first-order valence-corrected chi connectivity index (χ1v) is 11.6. The lowest BCUT2D eigenvalue weighted by Gasteiger charge is -2.32. The number of fused-ring (bicyclic) bond motifs is 2. The fourth-order valence-electron chi connectivity index (χ4n) is 4.24. The van der Waals surface area contributed by atoms with Crippen molar-refractivity contribution in [2.75, 3.05) is 36.9 Å². The highest BCUT2D eigenvalue weighted by Gasteiger charge is 2.28. The summed E-state index contributed by atoms with van der Waals surface area (Å²) in [5.41, 5.74) is 1.32. The molecule has 1 saturated heterocycles. The molecule has 1 fully saturated rings. The molecule has 9 heteroatoms. The van der Waals surface area contributed by atoms with E-state index in [0.29, 0.717) is 36.7 Å². The van der Waals surface area contributed by atoms with Crippen LogP contribution < -0.4 is 20.1 Å². The molecule has 0 aromatic heterocycles. The van der Waals surface area contributed by atoms with Crippen LogP contribution in [0.5, 0.6) is 11.5 Å². The number of amides is 2. The predicted molar refractivity (Wildman–Crippen MR) is 120 cm³/mol. The van der Waals surface area contributed by atoms with E-state index in [1.54, 1.807) is 16.7 Å². The van der Waals surface area contributed by atoms with Gasteiger partial charge in [0.25, 0.3) is 11.8 Å². The van der Waals surface area contributed by atoms with Crippen LogP contribution in [0.25, 0.3) is 0 Å². The Hall–Kier alpha value is -2.94. The molecule has 0 saturated carbocycles. The van der Waals surface area contributed by atoms with Crippen molar-refractivity contribution in [1.29, 1.82) is 0 Å². The van der Waals surface area contributed by atoms with Gasteiger partial charge in [0.2, 0.25) is 0 Å². The number of carbonyl (C=O) groups is 2. The van der Waals surface area contributed by atoms with Crippen LogP contribution in [0.15, 0.2) is 35.2 Å². The third-order valence-corrected chi connectivity index (χ3v) is 7.01. The first-order valence-electron chi connectivity index (χ1n) is 10.7. The Morgan fingerprint density at radius 2 is 2.12 bits per heavy atom. The number of anilines is 2. The van der Waals surface area contributed by atoms with Gasteiger partial charge in [0, 0.05) is 24.1 Å². The average Bonchev–Trinajstić information content (AvgIpc) is 3.18. The minimum absolute atomic E-state index is 0.0539. The van der Waals surface area contributed by atoms with Crippen molar-refractivity contribution in [2.45, 2.75) is 30.0 Å². The number of carbonyl (C=O) groups excluding carboxylic acids is 2. The minimum Gasteiger partial charge on any atom is -0.491 e. The van der Waals surface area contributed by atoms with Crippen LogP contribution in [0, 0.1) is 11.7 Å². The van der Waals surface area contributed by atoms with Crippen molar-refractivity contribution in [3.63, 3.8) is 0 Å². The van der Waals surface area contributed by atoms with Gasteiger partial charge < -0.3 is 25.0 Å². The van der Waals surface area contributed by atoms with Crippen LogP contribution in [0.2, 0.25) is 0 Å². The number of likely N-dealkylation sites (tertiary alicyclic amines) is 1. The van der Waals surface area contributed by atoms with Crippen molar-refractivity contribution in [3.8, 4) is 11.5 Å². The van der Waals surface area contributed by atoms with Gasteiger partial charge in [0.1, 0.15) is 17.3 Å². The van der Waals surface area contributed by atoms with Gasteiger partial charge in [-0.3, -0.25) is 9.59 Å². The molecule has 3 aliphatic heterocycles. The van der Waals surface area contributed by atoms with Crippen LogP contribution >= 0.6 is 11.8 Å². The van der Waals surface area contributed by atoms with E-state index < -0.39 is 5.82 Å². The molecule has 0 bridgehead atoms. The van der Waals surface area contributed by atoms with E-state index in [1.165, 1.54) is 11.0 Å². The number of rotatable bonds is 4. The molecule has 0 spiro atoms. The van der Waals surface area contributed by atoms with Gasteiger partial charge >= 0.3 is 0 Å². The fourth-order valence-corrected chi connectivity index (χ4v) is 5.23. The summed E-state index contributed by atoms with van der Waals surface area (Å²) < 4.78 is 25.9. The lowest BCUT2D eigenvalue weighted by molar-refractivity contribution is -0.118. The topological polar surface area (TPSA) is 79.9 Å². The summed E-state index contributed by atoms with van der Waals surface area (Å²) in [6.45, 7) is 3.60. The quantitative estimate of drug-likeness (QED) is 0.724. The van der Waals surface area contributed by atoms with E-state index in [1.807, 2.05) is 12.1 Å². The molecule has 5 rings (SSSR count). The highest BCUT2D eigenvalue weighted by molar-refractivity contribution is 8.00. The number of thioether (sulfide) groups is 1. The zero-order chi connectivity index (χ0) is 22.2. The number of nitrogens with one attached hydrogen (secondary N) is 2. The van der Waals surface area contributed by atoms with E-state index in [2.05, 4.69) is 23.6 Å². The molecule has 2 N–H and O–H groups in total. The average molecular weight is 458 g/mol. The van der Waals surface area contributed by atoms with Crippen molar-refractivity contribution in [2.24, 2.45) is 5.92 Å². The van der Waals surface area contributed by atoms with Crippen molar-refractivity contribution in [3.05, 3.63) is 41.7 Å². The molecule has 3 heterocycles. The largest absolute Gasteiger partial charge is 0.491 e. The number of hydrogen-bond acceptors (Lipinski definition) is 6. The molecule has 0 aliphatic carbocycles. The highest BCUT2D eigenvalue weighted by atomic mass is 32.2. The molecule has 32 heavy (non-hydrogen) atoms. The highest BCUT2D eigenvalue weighted by Crippen LogP contribution is 2.44. The molecular formula is C23H24FN3O4S. The molecule has 2 amide bonds. The van der Waals surface area contributed by atoms with Crippen LogP contribution in [0.1, 0.15) is 30.1 Å². The number of halogens is 1. The maximum atomic E-state index is 14.5. The number of benzene rings is 2. The number of hydrogen-bond donors (Lipinski definition) is 2. The molecule has 168 valence electrons. The second kappa shape index (κ2) is 8.54. The Balaban J connectivity index is 1.19. The Bertz CT molecular complexity index is 1070. The van der Waals surface area contributed by atoms with E-state index in [4.69, 9.17) is 9.47 Å². The molecule has 2 aromatic carbocycles. The zero-order valence-corrected chi connectivity index (χ0v) is 18.5. The summed E-state index contributed by atoms with van der Waals surface area (Å²) in [5.74, 6) is 0.0778. The van der Waals surface area contributed by atoms with Gasteiger partial charge in [-0.15, -0.1) is 0 Å². The fraction of sp³-hybridized carbons (Fsp3) is 0.391. The van der Waals surface area contributed by atoms with Crippen LogP contribution in [-0.2, 0) is 4.79 Å². The van der Waals surface area contributed by atoms with Gasteiger partial charge in [-0.2, -0.15) is 0 Å². The first kappa shape index (κ1) is 20.9. The monoisotopic (exact) mass is 457 g/mol. The second-order valence-corrected chi connectivity index (χ2v) is 9.63. The maximum Gasteiger partial charge on any atom is 0.262 e. The van der Waals surface area contributed by atoms with Gasteiger partial charge in [0.05, 0.1) is 28.9 Å². The van der Waals surface area contributed by atoms with Crippen LogP contribution in [-0.4, -0.2) is 48.4 Å². The lowest BCUT2D eigenvalue weighted by atomic mass is 9.97. The Labute approximate surface area is 189 Å². The van der Waals surface area contributed by atoms with Gasteiger partial charge in [0.15, 0.2) is 6.61 Å². The second-order valence-electron chi connectivity index (χ2n) is 8.25. The molecule has 1 unspecified atom stereocenters. The normalized spacial score (nSPS) is 20.0. The minimum atomic E-state index is -0.645. The van der Waals surface area contributed by atoms with Crippen molar-refractivity contribution in [1.82, 2.24) is 4.90 Å². The van der Waals surface area contributed by atoms with Crippen molar-refractivity contribution >= 4 is 35.0 Å². The Morgan fingerprint density at radius 1 is 1.31 bits per heavy atom. The van der Waals surface area contributed by atoms with Crippen LogP contribution in [0.4, 0.5) is 15.8 Å². The van der Waals surface area contributed by atoms with E-state index in [0.717, 1.165) is 30.3 Å². The lowest BCUT2D eigenvalue weighted by Crippen LogP contribution is -2.40. The number of nitrogens with zero attached hydrogens (tertiary/aromatic N) is 1. The Kier molecular flexibility index (Phi) is 5.58. The summed E-state index contributed by atoms with van der Waals surface area (Å²) in [4.78, 5) is 27.3. The van der Waals surface area contributed by atoms with Gasteiger partial charge in [-0.1, -0.05) is 17.8 Å². The van der Waals surface area contributed by atoms with Crippen molar-refractivity contribution < 1.29 is 23.5 Å². The summed E-state index contributed by atoms with van der Waals surface area (Å²) in [6.07, 6.45) is 1.57. The maximum absolute atomic E-state index is 14.5. The third kappa shape index (κ3) is 4.09. The summed E-state index contributed by atoms with van der Waals surface area (Å²) in [7, 11) is 0. The smallest absolute Gasteiger partial charge is 0.262 e. The van der Waals surface area contributed by atoms with Crippen LogP contribution in [0.3, 0.4) is 0 Å². The molecular weight excluding hydrogens is 433 g/mol. The predicted octanol–water partition coefficient (Wildman–Crippen LogP) is 3.95. The zero-order valence-electron chi connectivity index (χ0n) is 17.7. The van der Waals surface area contributed by atoms with Gasteiger partial charge in [-0.25, -0.2) is 4.39 Å². The molecule has 3 aliphatic rings. The Morgan fingerprint density at radius 3 is 2.94 bits per heavy atom. The molecule has 2 aromatic rings. The molecule has 1 atom stereocenters. The van der Waals surface area contributed by atoms with E-state index in [9.17, 15) is 14.0 Å². The molecule has 7 nitrogen and oxygen atoms in total. The third-order valence-electron chi connectivity index (χ3n) is 5.95. The summed E-state index contributed by atoms with van der Waals surface area (Å²) in [5, 5.41) is 6.39. The first-order chi connectivity index (χ1) is 15.5. The number of piperidine rings is 1. The van der Waals surface area contributed by atoms with Gasteiger partial charge in [-0.05, 0) is 43.9 Å². The SMILES string of the molecule is CC1Nc2c(OCC3CCN(C(=O)c4cc5c(cc4F)OCC(=O)N5)CC3)cccc2S1.